The van der Waals surface area contributed by atoms with Crippen LogP contribution in [0.5, 0.6) is 0 Å². The van der Waals surface area contributed by atoms with Crippen LogP contribution in [0, 0.1) is 0 Å². The fraction of sp³-hybridized carbons (Fsp3) is 0. The molecule has 0 aliphatic carbocycles. The standard InChI is InChI=1S/C14H10N2O2/c17-14-15-12-6-2-1-5-11(12)13(16-14)8-7-10-4-3-9-18-10/h1-9H,(H,15,16,17)/b8-7+. The molecule has 0 unspecified atom stereocenters. The Balaban J connectivity index is 2.14. The Morgan fingerprint density at radius 1 is 1.11 bits per heavy atom. The predicted octanol–water partition coefficient (Wildman–Crippen LogP) is 2.69. The molecule has 0 saturated heterocycles. The van der Waals surface area contributed by atoms with E-state index in [0.717, 1.165) is 16.7 Å². The van der Waals surface area contributed by atoms with Crippen molar-refractivity contribution >= 4 is 23.1 Å². The number of hydrogen-bond acceptors (Lipinski definition) is 3. The maximum absolute atomic E-state index is 11.4. The number of aromatic amines is 1. The fourth-order valence-electron chi connectivity index (χ4n) is 1.80. The summed E-state index contributed by atoms with van der Waals surface area (Å²) in [6.45, 7) is 0. The lowest BCUT2D eigenvalue weighted by Crippen LogP contribution is -2.11. The summed E-state index contributed by atoms with van der Waals surface area (Å²) in [5, 5.41) is 0.903. The van der Waals surface area contributed by atoms with E-state index in [4.69, 9.17) is 4.42 Å². The van der Waals surface area contributed by atoms with Gasteiger partial charge in [-0.3, -0.25) is 0 Å². The largest absolute Gasteiger partial charge is 0.465 e. The number of rotatable bonds is 2. The summed E-state index contributed by atoms with van der Waals surface area (Å²) < 4.78 is 5.20. The molecule has 0 amide bonds. The van der Waals surface area contributed by atoms with Crippen LogP contribution in [0.1, 0.15) is 11.5 Å². The second-order valence-corrected chi connectivity index (χ2v) is 3.82. The Labute approximate surface area is 103 Å². The lowest BCUT2D eigenvalue weighted by molar-refractivity contribution is 0.557. The predicted molar refractivity (Wildman–Crippen MR) is 70.0 cm³/mol. The monoisotopic (exact) mass is 238 g/mol. The Kier molecular flexibility index (Phi) is 2.53. The van der Waals surface area contributed by atoms with E-state index in [2.05, 4.69) is 9.97 Å². The summed E-state index contributed by atoms with van der Waals surface area (Å²) in [4.78, 5) is 18.1. The minimum Gasteiger partial charge on any atom is -0.465 e. The molecule has 0 radical (unpaired) electrons. The number of H-pyrrole nitrogens is 1. The van der Waals surface area contributed by atoms with Crippen molar-refractivity contribution in [3.05, 3.63) is 64.6 Å². The molecule has 0 aliphatic heterocycles. The number of hydrogen-bond donors (Lipinski definition) is 1. The van der Waals surface area contributed by atoms with Crippen molar-refractivity contribution in [1.29, 1.82) is 0 Å². The van der Waals surface area contributed by atoms with Crippen LogP contribution in [0.2, 0.25) is 0 Å². The average Bonchev–Trinajstić information content (AvgIpc) is 2.89. The van der Waals surface area contributed by atoms with Gasteiger partial charge in [0.2, 0.25) is 0 Å². The van der Waals surface area contributed by atoms with Gasteiger partial charge in [-0.15, -0.1) is 0 Å². The smallest absolute Gasteiger partial charge is 0.345 e. The molecular weight excluding hydrogens is 228 g/mol. The zero-order valence-corrected chi connectivity index (χ0v) is 9.46. The summed E-state index contributed by atoms with van der Waals surface area (Å²) in [7, 11) is 0. The van der Waals surface area contributed by atoms with Crippen LogP contribution in [0.3, 0.4) is 0 Å². The number of fused-ring (bicyclic) bond motifs is 1. The van der Waals surface area contributed by atoms with E-state index in [9.17, 15) is 4.79 Å². The number of nitrogens with zero attached hydrogens (tertiary/aromatic N) is 1. The second-order valence-electron chi connectivity index (χ2n) is 3.82. The molecule has 1 aromatic carbocycles. The number of nitrogens with one attached hydrogen (secondary N) is 1. The molecule has 1 N–H and O–H groups in total. The molecule has 3 rings (SSSR count). The molecule has 4 nitrogen and oxygen atoms in total. The molecule has 88 valence electrons. The van der Waals surface area contributed by atoms with Gasteiger partial charge in [0, 0.05) is 5.39 Å². The first-order chi connectivity index (χ1) is 8.83. The summed E-state index contributed by atoms with van der Waals surface area (Å²) in [5.74, 6) is 0.723. The molecule has 4 heteroatoms. The van der Waals surface area contributed by atoms with Gasteiger partial charge in [-0.1, -0.05) is 18.2 Å². The fourth-order valence-corrected chi connectivity index (χ4v) is 1.80. The summed E-state index contributed by atoms with van der Waals surface area (Å²) in [6, 6.07) is 11.2. The highest BCUT2D eigenvalue weighted by Crippen LogP contribution is 2.15. The van der Waals surface area contributed by atoms with Crippen molar-refractivity contribution in [1.82, 2.24) is 9.97 Å². The zero-order valence-electron chi connectivity index (χ0n) is 9.46. The molecular formula is C14H10N2O2. The SMILES string of the molecule is O=c1nc(/C=C/c2ccco2)c2ccccc2[nH]1. The summed E-state index contributed by atoms with van der Waals surface area (Å²) in [5.41, 5.74) is 1.05. The number of furan rings is 1. The van der Waals surface area contributed by atoms with Crippen LogP contribution in [-0.2, 0) is 0 Å². The van der Waals surface area contributed by atoms with E-state index in [-0.39, 0.29) is 5.69 Å². The molecule has 18 heavy (non-hydrogen) atoms. The van der Waals surface area contributed by atoms with Gasteiger partial charge in [0.05, 0.1) is 17.5 Å². The van der Waals surface area contributed by atoms with Gasteiger partial charge in [0.25, 0.3) is 0 Å². The first kappa shape index (κ1) is 10.5. The number of aromatic nitrogens is 2. The second kappa shape index (κ2) is 4.33. The molecule has 0 fully saturated rings. The Bertz CT molecular complexity index is 755. The van der Waals surface area contributed by atoms with E-state index in [1.807, 2.05) is 36.4 Å². The molecule has 3 aromatic rings. The maximum atomic E-state index is 11.4. The Morgan fingerprint density at radius 3 is 2.83 bits per heavy atom. The molecule has 2 heterocycles. The quantitative estimate of drug-likeness (QED) is 0.746. The summed E-state index contributed by atoms with van der Waals surface area (Å²) >= 11 is 0. The van der Waals surface area contributed by atoms with Crippen LogP contribution in [0.15, 0.2) is 51.9 Å². The van der Waals surface area contributed by atoms with Crippen LogP contribution in [0.25, 0.3) is 23.1 Å². The van der Waals surface area contributed by atoms with Crippen molar-refractivity contribution in [2.45, 2.75) is 0 Å². The van der Waals surface area contributed by atoms with Gasteiger partial charge in [0.1, 0.15) is 5.76 Å². The zero-order chi connectivity index (χ0) is 12.4. The molecule has 0 atom stereocenters. The van der Waals surface area contributed by atoms with Crippen LogP contribution in [-0.4, -0.2) is 9.97 Å². The lowest BCUT2D eigenvalue weighted by Gasteiger charge is -1.99. The third-order valence-corrected chi connectivity index (χ3v) is 2.62. The van der Waals surface area contributed by atoms with Crippen molar-refractivity contribution in [3.8, 4) is 0 Å². The van der Waals surface area contributed by atoms with Crippen molar-refractivity contribution in [2.75, 3.05) is 0 Å². The molecule has 0 saturated carbocycles. The Morgan fingerprint density at radius 2 is 2.00 bits per heavy atom. The molecule has 2 aromatic heterocycles. The van der Waals surface area contributed by atoms with Crippen molar-refractivity contribution in [2.24, 2.45) is 0 Å². The average molecular weight is 238 g/mol. The van der Waals surface area contributed by atoms with Gasteiger partial charge in [-0.25, -0.2) is 4.79 Å². The van der Waals surface area contributed by atoms with Crippen LogP contribution >= 0.6 is 0 Å². The van der Waals surface area contributed by atoms with E-state index < -0.39 is 0 Å². The van der Waals surface area contributed by atoms with Gasteiger partial charge in [0.15, 0.2) is 0 Å². The number of para-hydroxylation sites is 1. The van der Waals surface area contributed by atoms with Crippen molar-refractivity contribution in [3.63, 3.8) is 0 Å². The normalized spacial score (nSPS) is 11.3. The highest BCUT2D eigenvalue weighted by molar-refractivity contribution is 5.88. The van der Waals surface area contributed by atoms with Gasteiger partial charge in [-0.05, 0) is 30.4 Å². The topological polar surface area (TPSA) is 58.9 Å². The minimum absolute atomic E-state index is 0.354. The van der Waals surface area contributed by atoms with E-state index in [1.165, 1.54) is 0 Å². The molecule has 0 spiro atoms. The third kappa shape index (κ3) is 1.96. The highest BCUT2D eigenvalue weighted by atomic mass is 16.3. The Hall–Kier alpha value is -2.62. The third-order valence-electron chi connectivity index (χ3n) is 2.62. The van der Waals surface area contributed by atoms with Gasteiger partial charge < -0.3 is 9.40 Å². The maximum Gasteiger partial charge on any atom is 0.345 e. The molecule has 0 aliphatic rings. The van der Waals surface area contributed by atoms with E-state index in [0.29, 0.717) is 5.69 Å². The van der Waals surface area contributed by atoms with Gasteiger partial charge in [-0.2, -0.15) is 4.98 Å². The first-order valence-corrected chi connectivity index (χ1v) is 5.53. The lowest BCUT2D eigenvalue weighted by atomic mass is 10.2. The van der Waals surface area contributed by atoms with Crippen molar-refractivity contribution < 1.29 is 4.42 Å². The van der Waals surface area contributed by atoms with E-state index in [1.54, 1.807) is 18.4 Å². The van der Waals surface area contributed by atoms with E-state index >= 15 is 0 Å². The minimum atomic E-state index is -0.354. The first-order valence-electron chi connectivity index (χ1n) is 5.53. The summed E-state index contributed by atoms with van der Waals surface area (Å²) in [6.07, 6.45) is 5.16. The highest BCUT2D eigenvalue weighted by Gasteiger charge is 2.01. The van der Waals surface area contributed by atoms with Crippen LogP contribution < -0.4 is 5.69 Å². The van der Waals surface area contributed by atoms with Gasteiger partial charge >= 0.3 is 5.69 Å². The number of benzene rings is 1. The van der Waals surface area contributed by atoms with Crippen LogP contribution in [0.4, 0.5) is 0 Å². The molecule has 0 bridgehead atoms.